The van der Waals surface area contributed by atoms with E-state index in [-0.39, 0.29) is 5.75 Å². The minimum atomic E-state index is -3.42. The van der Waals surface area contributed by atoms with E-state index in [1.165, 1.54) is 18.6 Å². The van der Waals surface area contributed by atoms with Crippen LogP contribution in [0.5, 0.6) is 0 Å². The second kappa shape index (κ2) is 7.11. The standard InChI is InChI=1S/C15H23FN2O2S/c1-2-3-11-21(19,20)17-14-12-13(16)7-8-15(14)18-9-5-4-6-10-18/h7-8,12,17H,2-6,9-11H2,1H3. The summed E-state index contributed by atoms with van der Waals surface area (Å²) >= 11 is 0. The van der Waals surface area contributed by atoms with Crippen molar-refractivity contribution in [2.45, 2.75) is 39.0 Å². The van der Waals surface area contributed by atoms with E-state index in [2.05, 4.69) is 9.62 Å². The van der Waals surface area contributed by atoms with E-state index in [9.17, 15) is 12.8 Å². The van der Waals surface area contributed by atoms with E-state index in [1.807, 2.05) is 6.92 Å². The van der Waals surface area contributed by atoms with Crippen molar-refractivity contribution in [3.63, 3.8) is 0 Å². The molecule has 1 fully saturated rings. The van der Waals surface area contributed by atoms with Gasteiger partial charge in [0.05, 0.1) is 17.1 Å². The molecule has 1 aliphatic heterocycles. The maximum atomic E-state index is 13.5. The molecule has 0 aromatic heterocycles. The highest BCUT2D eigenvalue weighted by Gasteiger charge is 2.18. The van der Waals surface area contributed by atoms with Crippen LogP contribution in [-0.4, -0.2) is 27.3 Å². The van der Waals surface area contributed by atoms with Gasteiger partial charge in [-0.15, -0.1) is 0 Å². The summed E-state index contributed by atoms with van der Waals surface area (Å²) in [6.45, 7) is 3.71. The van der Waals surface area contributed by atoms with Crippen LogP contribution in [0.4, 0.5) is 15.8 Å². The van der Waals surface area contributed by atoms with E-state index >= 15 is 0 Å². The molecule has 1 aromatic carbocycles. The Labute approximate surface area is 126 Å². The summed E-state index contributed by atoms with van der Waals surface area (Å²) < 4.78 is 40.1. The quantitative estimate of drug-likeness (QED) is 0.876. The van der Waals surface area contributed by atoms with Gasteiger partial charge in [0.1, 0.15) is 5.82 Å². The molecule has 1 aliphatic rings. The number of sulfonamides is 1. The molecule has 1 aromatic rings. The molecule has 0 aliphatic carbocycles. The Balaban J connectivity index is 2.22. The number of piperidine rings is 1. The third-order valence-corrected chi connectivity index (χ3v) is 5.04. The maximum absolute atomic E-state index is 13.5. The highest BCUT2D eigenvalue weighted by atomic mass is 32.2. The number of nitrogens with one attached hydrogen (secondary N) is 1. The first kappa shape index (κ1) is 16.1. The third-order valence-electron chi connectivity index (χ3n) is 3.69. The van der Waals surface area contributed by atoms with Crippen molar-refractivity contribution in [3.05, 3.63) is 24.0 Å². The van der Waals surface area contributed by atoms with Gasteiger partial charge in [0.15, 0.2) is 0 Å². The maximum Gasteiger partial charge on any atom is 0.232 e. The Morgan fingerprint density at radius 1 is 1.24 bits per heavy atom. The number of hydrogen-bond donors (Lipinski definition) is 1. The van der Waals surface area contributed by atoms with Gasteiger partial charge in [-0.25, -0.2) is 12.8 Å². The third kappa shape index (κ3) is 4.59. The van der Waals surface area contributed by atoms with Crippen molar-refractivity contribution in [2.24, 2.45) is 0 Å². The predicted molar refractivity (Wildman–Crippen MR) is 84.8 cm³/mol. The number of anilines is 2. The second-order valence-electron chi connectivity index (χ2n) is 5.48. The van der Waals surface area contributed by atoms with Gasteiger partial charge in [-0.3, -0.25) is 4.72 Å². The molecule has 1 saturated heterocycles. The van der Waals surface area contributed by atoms with Crippen molar-refractivity contribution in [2.75, 3.05) is 28.5 Å². The summed E-state index contributed by atoms with van der Waals surface area (Å²) in [6, 6.07) is 4.32. The average Bonchev–Trinajstić information content (AvgIpc) is 2.46. The van der Waals surface area contributed by atoms with Crippen LogP contribution in [0, 0.1) is 5.82 Å². The van der Waals surface area contributed by atoms with Gasteiger partial charge in [-0.2, -0.15) is 0 Å². The minimum absolute atomic E-state index is 0.0689. The van der Waals surface area contributed by atoms with Gasteiger partial charge >= 0.3 is 0 Å². The van der Waals surface area contributed by atoms with Crippen LogP contribution in [0.25, 0.3) is 0 Å². The van der Waals surface area contributed by atoms with E-state index < -0.39 is 15.8 Å². The van der Waals surface area contributed by atoms with E-state index in [4.69, 9.17) is 0 Å². The lowest BCUT2D eigenvalue weighted by Gasteiger charge is -2.30. The van der Waals surface area contributed by atoms with Crippen LogP contribution < -0.4 is 9.62 Å². The predicted octanol–water partition coefficient (Wildman–Crippen LogP) is 3.36. The number of hydrogen-bond acceptors (Lipinski definition) is 3. The fraction of sp³-hybridized carbons (Fsp3) is 0.600. The molecule has 118 valence electrons. The molecule has 2 rings (SSSR count). The molecule has 21 heavy (non-hydrogen) atoms. The second-order valence-corrected chi connectivity index (χ2v) is 7.33. The van der Waals surface area contributed by atoms with Crippen LogP contribution in [0.3, 0.4) is 0 Å². The Hall–Kier alpha value is -1.30. The summed E-state index contributed by atoms with van der Waals surface area (Å²) in [5, 5.41) is 0. The van der Waals surface area contributed by atoms with Crippen molar-refractivity contribution >= 4 is 21.4 Å². The fourth-order valence-electron chi connectivity index (χ4n) is 2.55. The molecule has 1 N–H and O–H groups in total. The highest BCUT2D eigenvalue weighted by Crippen LogP contribution is 2.30. The lowest BCUT2D eigenvalue weighted by Crippen LogP contribution is -2.30. The summed E-state index contributed by atoms with van der Waals surface area (Å²) in [6.07, 6.45) is 4.76. The summed E-state index contributed by atoms with van der Waals surface area (Å²) in [5.41, 5.74) is 1.13. The van der Waals surface area contributed by atoms with Gasteiger partial charge in [0.25, 0.3) is 0 Å². The number of benzene rings is 1. The molecule has 0 radical (unpaired) electrons. The molecule has 0 unspecified atom stereocenters. The van der Waals surface area contributed by atoms with Crippen molar-refractivity contribution in [1.29, 1.82) is 0 Å². The monoisotopic (exact) mass is 314 g/mol. The van der Waals surface area contributed by atoms with Crippen molar-refractivity contribution in [1.82, 2.24) is 0 Å². The van der Waals surface area contributed by atoms with Crippen LogP contribution in [0.1, 0.15) is 39.0 Å². The van der Waals surface area contributed by atoms with Gasteiger partial charge in [-0.05, 0) is 37.8 Å². The zero-order valence-corrected chi connectivity index (χ0v) is 13.3. The Kier molecular flexibility index (Phi) is 5.45. The Morgan fingerprint density at radius 2 is 1.95 bits per heavy atom. The van der Waals surface area contributed by atoms with Crippen LogP contribution >= 0.6 is 0 Å². The largest absolute Gasteiger partial charge is 0.370 e. The van der Waals surface area contributed by atoms with E-state index in [0.717, 1.165) is 38.0 Å². The van der Waals surface area contributed by atoms with Crippen molar-refractivity contribution in [3.8, 4) is 0 Å². The first-order valence-corrected chi connectivity index (χ1v) is 9.22. The SMILES string of the molecule is CCCCS(=O)(=O)Nc1cc(F)ccc1N1CCCCC1. The minimum Gasteiger partial charge on any atom is -0.370 e. The topological polar surface area (TPSA) is 49.4 Å². The van der Waals surface area contributed by atoms with Gasteiger partial charge in [0, 0.05) is 19.2 Å². The lowest BCUT2D eigenvalue weighted by molar-refractivity contribution is 0.577. The van der Waals surface area contributed by atoms with E-state index in [1.54, 1.807) is 6.07 Å². The Bertz CT molecular complexity index is 569. The molecule has 0 saturated carbocycles. The normalized spacial score (nSPS) is 16.0. The molecule has 0 atom stereocenters. The van der Waals surface area contributed by atoms with Gasteiger partial charge < -0.3 is 4.90 Å². The molecule has 4 nitrogen and oxygen atoms in total. The van der Waals surface area contributed by atoms with Crippen LogP contribution in [-0.2, 0) is 10.0 Å². The molecular weight excluding hydrogens is 291 g/mol. The van der Waals surface area contributed by atoms with Crippen molar-refractivity contribution < 1.29 is 12.8 Å². The first-order valence-electron chi connectivity index (χ1n) is 7.57. The molecular formula is C15H23FN2O2S. The zero-order valence-electron chi connectivity index (χ0n) is 12.4. The molecule has 0 spiro atoms. The first-order chi connectivity index (χ1) is 10.0. The summed E-state index contributed by atoms with van der Waals surface area (Å²) in [5.74, 6) is -0.358. The molecule has 0 bridgehead atoms. The number of nitrogens with zero attached hydrogens (tertiary/aromatic N) is 1. The summed E-state index contributed by atoms with van der Waals surface area (Å²) in [7, 11) is -3.42. The van der Waals surface area contributed by atoms with Crippen LogP contribution in [0.2, 0.25) is 0 Å². The average molecular weight is 314 g/mol. The zero-order chi connectivity index (χ0) is 15.3. The smallest absolute Gasteiger partial charge is 0.232 e. The molecule has 6 heteroatoms. The van der Waals surface area contributed by atoms with Gasteiger partial charge in [0.2, 0.25) is 10.0 Å². The van der Waals surface area contributed by atoms with E-state index in [0.29, 0.717) is 12.1 Å². The lowest BCUT2D eigenvalue weighted by atomic mass is 10.1. The Morgan fingerprint density at radius 3 is 2.62 bits per heavy atom. The number of halogens is 1. The number of rotatable bonds is 6. The molecule has 1 heterocycles. The highest BCUT2D eigenvalue weighted by molar-refractivity contribution is 7.92. The fourth-order valence-corrected chi connectivity index (χ4v) is 3.82. The summed E-state index contributed by atoms with van der Waals surface area (Å²) in [4.78, 5) is 2.13. The number of unbranched alkanes of at least 4 members (excludes halogenated alkanes) is 1. The van der Waals surface area contributed by atoms with Gasteiger partial charge in [-0.1, -0.05) is 13.3 Å². The van der Waals surface area contributed by atoms with Crippen LogP contribution in [0.15, 0.2) is 18.2 Å². The molecule has 0 amide bonds.